The van der Waals surface area contributed by atoms with Gasteiger partial charge < -0.3 is 9.14 Å². The second-order valence-electron chi connectivity index (χ2n) is 11.3. The van der Waals surface area contributed by atoms with Gasteiger partial charge in [-0.1, -0.05) is 57.2 Å². The van der Waals surface area contributed by atoms with Gasteiger partial charge in [0.2, 0.25) is 0 Å². The molecule has 4 heteroatoms. The number of para-hydroxylation sites is 2. The van der Waals surface area contributed by atoms with Crippen molar-refractivity contribution < 1.29 is 4.74 Å². The summed E-state index contributed by atoms with van der Waals surface area (Å²) in [6.45, 7) is 6.73. The van der Waals surface area contributed by atoms with Crippen LogP contribution in [0, 0.1) is 0 Å². The molecule has 4 nitrogen and oxygen atoms in total. The highest BCUT2D eigenvalue weighted by Gasteiger charge is 2.22. The van der Waals surface area contributed by atoms with Gasteiger partial charge in [-0.2, -0.15) is 0 Å². The topological polar surface area (TPSA) is 31.5 Å². The van der Waals surface area contributed by atoms with Crippen molar-refractivity contribution in [2.75, 3.05) is 7.11 Å². The lowest BCUT2D eigenvalue weighted by Gasteiger charge is -2.20. The Morgan fingerprint density at radius 3 is 2.16 bits per heavy atom. The Bertz CT molecular complexity index is 2210. The Morgan fingerprint density at radius 2 is 1.34 bits per heavy atom. The standard InChI is InChI=1S/C34H27N3O/c1-34(2,3)20-14-15-35-32(16-20)36-29-17-21(38-4)12-13-23(29)26-18-27-25-10-7-9-24-22-8-5-6-11-28(22)37(33(24)25)31(27)19-30(26)36/h5-19H,1-4H3. The number of aromatic nitrogens is 3. The van der Waals surface area contributed by atoms with E-state index < -0.39 is 0 Å². The van der Waals surface area contributed by atoms with Crippen LogP contribution in [0.3, 0.4) is 0 Å². The van der Waals surface area contributed by atoms with Gasteiger partial charge >= 0.3 is 0 Å². The minimum Gasteiger partial charge on any atom is -0.497 e. The molecule has 0 saturated heterocycles. The Morgan fingerprint density at radius 1 is 0.632 bits per heavy atom. The third-order valence-electron chi connectivity index (χ3n) is 8.16. The summed E-state index contributed by atoms with van der Waals surface area (Å²) in [4.78, 5) is 4.88. The first-order valence-electron chi connectivity index (χ1n) is 13.1. The molecule has 0 bridgehead atoms. The molecule has 0 aliphatic heterocycles. The molecule has 38 heavy (non-hydrogen) atoms. The second kappa shape index (κ2) is 7.26. The minimum atomic E-state index is 0.0205. The van der Waals surface area contributed by atoms with Gasteiger partial charge in [0.15, 0.2) is 0 Å². The summed E-state index contributed by atoms with van der Waals surface area (Å²) in [6.07, 6.45) is 1.93. The van der Waals surface area contributed by atoms with E-state index in [2.05, 4.69) is 115 Å². The van der Waals surface area contributed by atoms with Gasteiger partial charge in [-0.25, -0.2) is 4.98 Å². The molecule has 184 valence electrons. The van der Waals surface area contributed by atoms with E-state index in [9.17, 15) is 0 Å². The van der Waals surface area contributed by atoms with Crippen LogP contribution in [0.2, 0.25) is 0 Å². The first-order chi connectivity index (χ1) is 18.4. The number of pyridine rings is 1. The molecule has 0 N–H and O–H groups in total. The van der Waals surface area contributed by atoms with Crippen molar-refractivity contribution in [2.24, 2.45) is 0 Å². The summed E-state index contributed by atoms with van der Waals surface area (Å²) in [5, 5.41) is 7.57. The van der Waals surface area contributed by atoms with Gasteiger partial charge in [-0.05, 0) is 53.4 Å². The van der Waals surface area contributed by atoms with Crippen LogP contribution in [0.25, 0.3) is 65.7 Å². The second-order valence-corrected chi connectivity index (χ2v) is 11.3. The average Bonchev–Trinajstić information content (AvgIpc) is 3.55. The molecule has 4 heterocycles. The van der Waals surface area contributed by atoms with Crippen molar-refractivity contribution in [3.05, 3.63) is 96.7 Å². The fourth-order valence-corrected chi connectivity index (χ4v) is 6.30. The average molecular weight is 494 g/mol. The number of nitrogens with zero attached hydrogens (tertiary/aromatic N) is 3. The van der Waals surface area contributed by atoms with Gasteiger partial charge in [-0.15, -0.1) is 0 Å². The van der Waals surface area contributed by atoms with Crippen LogP contribution < -0.4 is 4.74 Å². The summed E-state index contributed by atoms with van der Waals surface area (Å²) >= 11 is 0. The van der Waals surface area contributed by atoms with Crippen LogP contribution in [0.1, 0.15) is 26.3 Å². The van der Waals surface area contributed by atoms with Crippen molar-refractivity contribution in [1.82, 2.24) is 14.0 Å². The summed E-state index contributed by atoms with van der Waals surface area (Å²) in [7, 11) is 1.72. The molecule has 0 saturated carbocycles. The fraction of sp³-hybridized carbons (Fsp3) is 0.147. The highest BCUT2D eigenvalue weighted by molar-refractivity contribution is 6.26. The van der Waals surface area contributed by atoms with Crippen molar-refractivity contribution in [3.8, 4) is 11.6 Å². The zero-order valence-electron chi connectivity index (χ0n) is 21.9. The van der Waals surface area contributed by atoms with E-state index in [1.54, 1.807) is 7.11 Å². The predicted molar refractivity (Wildman–Crippen MR) is 158 cm³/mol. The summed E-state index contributed by atoms with van der Waals surface area (Å²) < 4.78 is 10.4. The van der Waals surface area contributed by atoms with Crippen LogP contribution in [-0.4, -0.2) is 21.1 Å². The first-order valence-corrected chi connectivity index (χ1v) is 13.1. The molecule has 0 amide bonds. The van der Waals surface area contributed by atoms with Crippen LogP contribution in [0.4, 0.5) is 0 Å². The third kappa shape index (κ3) is 2.72. The molecule has 0 aliphatic carbocycles. The number of methoxy groups -OCH3 is 1. The van der Waals surface area contributed by atoms with Crippen molar-refractivity contribution in [2.45, 2.75) is 26.2 Å². The van der Waals surface area contributed by atoms with Crippen LogP contribution in [0.5, 0.6) is 5.75 Å². The maximum Gasteiger partial charge on any atom is 0.137 e. The Kier molecular flexibility index (Phi) is 4.11. The molecule has 8 aromatic rings. The molecule has 4 aromatic heterocycles. The summed E-state index contributed by atoms with van der Waals surface area (Å²) in [5.41, 5.74) is 7.26. The molecule has 4 aromatic carbocycles. The van der Waals surface area contributed by atoms with Crippen molar-refractivity contribution in [3.63, 3.8) is 0 Å². The third-order valence-corrected chi connectivity index (χ3v) is 8.16. The van der Waals surface area contributed by atoms with Crippen molar-refractivity contribution in [1.29, 1.82) is 0 Å². The quantitative estimate of drug-likeness (QED) is 0.241. The number of fused-ring (bicyclic) bond motifs is 9. The molecule has 8 rings (SSSR count). The number of hydrogen-bond acceptors (Lipinski definition) is 2. The zero-order valence-corrected chi connectivity index (χ0v) is 21.9. The Hall–Kier alpha value is -4.57. The Labute approximate surface area is 220 Å². The van der Waals surface area contributed by atoms with Crippen LogP contribution in [-0.2, 0) is 5.41 Å². The maximum atomic E-state index is 5.65. The normalized spacial score (nSPS) is 12.7. The fourth-order valence-electron chi connectivity index (χ4n) is 6.30. The molecule has 0 spiro atoms. The van der Waals surface area contributed by atoms with Gasteiger partial charge in [0, 0.05) is 44.6 Å². The van der Waals surface area contributed by atoms with E-state index in [0.717, 1.165) is 22.6 Å². The van der Waals surface area contributed by atoms with E-state index in [1.165, 1.54) is 54.4 Å². The lowest BCUT2D eigenvalue weighted by Crippen LogP contribution is -2.12. The van der Waals surface area contributed by atoms with E-state index >= 15 is 0 Å². The number of rotatable bonds is 2. The lowest BCUT2D eigenvalue weighted by atomic mass is 9.88. The number of hydrogen-bond donors (Lipinski definition) is 0. The minimum absolute atomic E-state index is 0.0205. The maximum absolute atomic E-state index is 5.65. The van der Waals surface area contributed by atoms with Crippen LogP contribution >= 0.6 is 0 Å². The first kappa shape index (κ1) is 21.5. The van der Waals surface area contributed by atoms with Crippen molar-refractivity contribution >= 4 is 59.9 Å². The number of ether oxygens (including phenoxy) is 1. The van der Waals surface area contributed by atoms with Gasteiger partial charge in [0.1, 0.15) is 11.6 Å². The SMILES string of the molecule is COc1ccc2c3cc4c5cccc6c7ccccc7n(c4cc3n(-c3cc(C(C)(C)C)ccn3)c2c1)c65. The van der Waals surface area contributed by atoms with Gasteiger partial charge in [0.05, 0.1) is 34.7 Å². The molecule has 0 aliphatic rings. The number of benzene rings is 4. The molecular formula is C34H27N3O. The van der Waals surface area contributed by atoms with E-state index in [1.807, 2.05) is 6.20 Å². The zero-order chi connectivity index (χ0) is 25.8. The molecular weight excluding hydrogens is 466 g/mol. The molecule has 0 atom stereocenters. The predicted octanol–water partition coefficient (Wildman–Crippen LogP) is 8.63. The van der Waals surface area contributed by atoms with E-state index in [-0.39, 0.29) is 5.41 Å². The summed E-state index contributed by atoms with van der Waals surface area (Å²) in [6, 6.07) is 30.8. The van der Waals surface area contributed by atoms with Gasteiger partial charge in [0.25, 0.3) is 0 Å². The van der Waals surface area contributed by atoms with E-state index in [0.29, 0.717) is 0 Å². The highest BCUT2D eigenvalue weighted by atomic mass is 16.5. The summed E-state index contributed by atoms with van der Waals surface area (Å²) in [5.74, 6) is 1.76. The van der Waals surface area contributed by atoms with Gasteiger partial charge in [-0.3, -0.25) is 4.57 Å². The van der Waals surface area contributed by atoms with Crippen LogP contribution in [0.15, 0.2) is 91.1 Å². The Balaban J connectivity index is 1.58. The lowest BCUT2D eigenvalue weighted by molar-refractivity contribution is 0.415. The highest BCUT2D eigenvalue weighted by Crippen LogP contribution is 2.43. The molecule has 0 fully saturated rings. The largest absolute Gasteiger partial charge is 0.497 e. The molecule has 0 unspecified atom stereocenters. The van der Waals surface area contributed by atoms with E-state index in [4.69, 9.17) is 9.72 Å². The molecule has 0 radical (unpaired) electrons. The smallest absolute Gasteiger partial charge is 0.137 e. The monoisotopic (exact) mass is 493 g/mol.